The number of carbonyl (C=O) groups excluding carboxylic acids is 1. The van der Waals surface area contributed by atoms with Gasteiger partial charge in [0.25, 0.3) is 0 Å². The van der Waals surface area contributed by atoms with Crippen LogP contribution >= 0.6 is 0 Å². The molecule has 4 bridgehead atoms. The van der Waals surface area contributed by atoms with Gasteiger partial charge in [-0.3, -0.25) is 9.59 Å². The SMILES string of the molecule is C=C1C(O)[C@]23C[C@@]1(O)CC[C@H]2[C@@]12C=C[C@H](O)C(C)(C(=O)O1)C2[C@@H]3C(=O)O. The molecule has 1 saturated heterocycles. The number of hydrogen-bond donors (Lipinski definition) is 4. The van der Waals surface area contributed by atoms with Crippen LogP contribution in [0.2, 0.25) is 0 Å². The molecule has 1 heterocycles. The van der Waals surface area contributed by atoms with Gasteiger partial charge in [-0.1, -0.05) is 12.7 Å². The van der Waals surface area contributed by atoms with Crippen molar-refractivity contribution in [3.63, 3.8) is 0 Å². The molecule has 7 heteroatoms. The Morgan fingerprint density at radius 2 is 2.08 bits per heavy atom. The zero-order chi connectivity index (χ0) is 18.9. The number of carboxylic acids is 1. The topological polar surface area (TPSA) is 124 Å². The maximum absolute atomic E-state index is 12.7. The minimum Gasteiger partial charge on any atom is -0.481 e. The highest BCUT2D eigenvalue weighted by molar-refractivity contribution is 5.86. The maximum atomic E-state index is 12.7. The van der Waals surface area contributed by atoms with Gasteiger partial charge in [0, 0.05) is 17.3 Å². The molecule has 4 N–H and O–H groups in total. The van der Waals surface area contributed by atoms with E-state index in [2.05, 4.69) is 6.58 Å². The number of carbonyl (C=O) groups is 2. The lowest BCUT2D eigenvalue weighted by molar-refractivity contribution is -0.167. The molecular weight excluding hydrogens is 340 g/mol. The summed E-state index contributed by atoms with van der Waals surface area (Å²) in [6, 6.07) is 0. The van der Waals surface area contributed by atoms with Crippen LogP contribution in [0.25, 0.3) is 0 Å². The van der Waals surface area contributed by atoms with Crippen LogP contribution < -0.4 is 0 Å². The van der Waals surface area contributed by atoms with Crippen LogP contribution in [-0.4, -0.2) is 55.8 Å². The van der Waals surface area contributed by atoms with Crippen molar-refractivity contribution in [2.75, 3.05) is 0 Å². The van der Waals surface area contributed by atoms with Crippen molar-refractivity contribution in [3.05, 3.63) is 24.3 Å². The minimum atomic E-state index is -1.40. The summed E-state index contributed by atoms with van der Waals surface area (Å²) < 4.78 is 5.81. The highest BCUT2D eigenvalue weighted by atomic mass is 16.6. The number of aliphatic hydroxyl groups excluding tert-OH is 2. The van der Waals surface area contributed by atoms with E-state index in [4.69, 9.17) is 4.74 Å². The molecule has 0 aromatic rings. The van der Waals surface area contributed by atoms with Crippen molar-refractivity contribution in [1.29, 1.82) is 0 Å². The Balaban J connectivity index is 1.81. The molecule has 140 valence electrons. The summed E-state index contributed by atoms with van der Waals surface area (Å²) in [5.74, 6) is -4.15. The largest absolute Gasteiger partial charge is 0.481 e. The molecule has 0 radical (unpaired) electrons. The lowest BCUT2D eigenvalue weighted by Crippen LogP contribution is -2.51. The summed E-state index contributed by atoms with van der Waals surface area (Å²) in [6.07, 6.45) is 1.61. The standard InChI is InChI=1S/C19H22O7/c1-8-13(21)18-7-17(8,25)5-3-9(18)19-6-4-10(20)16(2,15(24)26-19)12(19)11(18)14(22)23/h4,6,9-13,20-21,25H,1,3,5,7H2,2H3,(H,22,23)/t9-,10+,11-,12?,13?,16?,17+,18-,19-/m1/s1. The summed E-state index contributed by atoms with van der Waals surface area (Å²) in [4.78, 5) is 25.1. The predicted molar refractivity (Wildman–Crippen MR) is 86.6 cm³/mol. The van der Waals surface area contributed by atoms with Gasteiger partial charge in [-0.15, -0.1) is 0 Å². The zero-order valence-electron chi connectivity index (χ0n) is 14.4. The molecule has 1 aliphatic heterocycles. The van der Waals surface area contributed by atoms with Crippen molar-refractivity contribution in [1.82, 2.24) is 0 Å². The van der Waals surface area contributed by atoms with Gasteiger partial charge in [-0.05, 0) is 37.8 Å². The van der Waals surface area contributed by atoms with Crippen molar-refractivity contribution < 1.29 is 34.8 Å². The van der Waals surface area contributed by atoms with E-state index < -0.39 is 63.9 Å². The Kier molecular flexibility index (Phi) is 2.68. The first-order valence-electron chi connectivity index (χ1n) is 8.99. The number of aliphatic hydroxyl groups is 3. The molecule has 1 spiro atoms. The van der Waals surface area contributed by atoms with Crippen LogP contribution in [-0.2, 0) is 14.3 Å². The van der Waals surface area contributed by atoms with Gasteiger partial charge < -0.3 is 25.2 Å². The fourth-order valence-electron chi connectivity index (χ4n) is 7.16. The van der Waals surface area contributed by atoms with Crippen LogP contribution in [0.15, 0.2) is 24.3 Å². The predicted octanol–water partition coefficient (Wildman–Crippen LogP) is -0.00210. The Labute approximate surface area is 150 Å². The second-order valence-corrected chi connectivity index (χ2v) is 8.96. The van der Waals surface area contributed by atoms with Gasteiger partial charge in [-0.2, -0.15) is 0 Å². The zero-order valence-corrected chi connectivity index (χ0v) is 14.4. The number of hydrogen-bond acceptors (Lipinski definition) is 6. The third-order valence-electron chi connectivity index (χ3n) is 8.25. The highest BCUT2D eigenvalue weighted by Crippen LogP contribution is 2.77. The lowest BCUT2D eigenvalue weighted by atomic mass is 9.60. The number of aliphatic carboxylic acids is 1. The van der Waals surface area contributed by atoms with Crippen LogP contribution in [0, 0.1) is 28.6 Å². The fraction of sp³-hybridized carbons (Fsp3) is 0.684. The average molecular weight is 362 g/mol. The second-order valence-electron chi connectivity index (χ2n) is 8.96. The molecule has 9 atom stereocenters. The number of rotatable bonds is 1. The van der Waals surface area contributed by atoms with Crippen LogP contribution in [0.5, 0.6) is 0 Å². The van der Waals surface area contributed by atoms with E-state index >= 15 is 0 Å². The highest BCUT2D eigenvalue weighted by Gasteiger charge is 2.85. The van der Waals surface area contributed by atoms with Crippen molar-refractivity contribution >= 4 is 11.9 Å². The number of esters is 1. The quantitative estimate of drug-likeness (QED) is 0.382. The third kappa shape index (κ3) is 1.33. The molecule has 0 amide bonds. The smallest absolute Gasteiger partial charge is 0.316 e. The Bertz CT molecular complexity index is 804. The molecule has 4 aliphatic carbocycles. The van der Waals surface area contributed by atoms with Crippen LogP contribution in [0.3, 0.4) is 0 Å². The third-order valence-corrected chi connectivity index (χ3v) is 8.25. The first-order valence-corrected chi connectivity index (χ1v) is 8.99. The summed E-state index contributed by atoms with van der Waals surface area (Å²) in [5.41, 5.74) is -4.80. The molecule has 26 heavy (non-hydrogen) atoms. The molecule has 0 aromatic carbocycles. The molecule has 5 aliphatic rings. The second kappa shape index (κ2) is 4.24. The Morgan fingerprint density at radius 1 is 1.38 bits per heavy atom. The van der Waals surface area contributed by atoms with Gasteiger partial charge in [0.05, 0.1) is 23.7 Å². The first kappa shape index (κ1) is 16.5. The number of fused-ring (bicyclic) bond motifs is 1. The molecular formula is C19H22O7. The average Bonchev–Trinajstić information content (AvgIpc) is 2.98. The van der Waals surface area contributed by atoms with Gasteiger partial charge in [0.1, 0.15) is 11.0 Å². The van der Waals surface area contributed by atoms with Crippen molar-refractivity contribution in [3.8, 4) is 0 Å². The number of carboxylic acid groups (broad SMARTS) is 1. The first-order chi connectivity index (χ1) is 12.1. The van der Waals surface area contributed by atoms with E-state index in [1.807, 2.05) is 0 Å². The molecule has 7 nitrogen and oxygen atoms in total. The van der Waals surface area contributed by atoms with Gasteiger partial charge in [0.2, 0.25) is 0 Å². The Morgan fingerprint density at radius 3 is 2.73 bits per heavy atom. The van der Waals surface area contributed by atoms with Gasteiger partial charge >= 0.3 is 11.9 Å². The minimum absolute atomic E-state index is 0.0808. The van der Waals surface area contributed by atoms with E-state index in [-0.39, 0.29) is 12.0 Å². The molecule has 4 fully saturated rings. The van der Waals surface area contributed by atoms with Gasteiger partial charge in [0.15, 0.2) is 0 Å². The number of ether oxygens (including phenoxy) is 1. The Hall–Kier alpha value is -1.70. The molecule has 0 aromatic heterocycles. The maximum Gasteiger partial charge on any atom is 0.316 e. The van der Waals surface area contributed by atoms with E-state index in [9.17, 15) is 30.0 Å². The fourth-order valence-corrected chi connectivity index (χ4v) is 7.16. The summed E-state index contributed by atoms with van der Waals surface area (Å²) >= 11 is 0. The van der Waals surface area contributed by atoms with Crippen molar-refractivity contribution in [2.45, 2.75) is 49.6 Å². The van der Waals surface area contributed by atoms with E-state index in [1.165, 1.54) is 6.08 Å². The summed E-state index contributed by atoms with van der Waals surface area (Å²) in [5, 5.41) is 42.7. The normalized spacial score (nSPS) is 59.2. The summed E-state index contributed by atoms with van der Waals surface area (Å²) in [7, 11) is 0. The van der Waals surface area contributed by atoms with E-state index in [0.717, 1.165) is 0 Å². The summed E-state index contributed by atoms with van der Waals surface area (Å²) in [6.45, 7) is 5.40. The van der Waals surface area contributed by atoms with E-state index in [1.54, 1.807) is 13.0 Å². The van der Waals surface area contributed by atoms with Crippen LogP contribution in [0.4, 0.5) is 0 Å². The van der Waals surface area contributed by atoms with Crippen LogP contribution in [0.1, 0.15) is 26.2 Å². The molecule has 3 unspecified atom stereocenters. The van der Waals surface area contributed by atoms with Gasteiger partial charge in [-0.25, -0.2) is 0 Å². The molecule has 5 rings (SSSR count). The molecule has 3 saturated carbocycles. The lowest BCUT2D eigenvalue weighted by Gasteiger charge is -2.45. The monoisotopic (exact) mass is 362 g/mol. The van der Waals surface area contributed by atoms with Crippen molar-refractivity contribution in [2.24, 2.45) is 28.6 Å². The van der Waals surface area contributed by atoms with E-state index in [0.29, 0.717) is 12.8 Å².